The molecule has 0 saturated heterocycles. The van der Waals surface area contributed by atoms with Crippen LogP contribution in [0, 0.1) is 0 Å². The van der Waals surface area contributed by atoms with Crippen LogP contribution in [-0.2, 0) is 9.63 Å². The maximum absolute atomic E-state index is 12.3. The van der Waals surface area contributed by atoms with Crippen LogP contribution in [0.3, 0.4) is 0 Å². The summed E-state index contributed by atoms with van der Waals surface area (Å²) >= 11 is 0. The monoisotopic (exact) mass is 302 g/mol. The van der Waals surface area contributed by atoms with Gasteiger partial charge in [0.25, 0.3) is 5.91 Å². The highest BCUT2D eigenvalue weighted by molar-refractivity contribution is 6.05. The summed E-state index contributed by atoms with van der Waals surface area (Å²) in [5, 5.41) is 7.18. The van der Waals surface area contributed by atoms with Gasteiger partial charge in [-0.3, -0.25) is 4.79 Å². The molecule has 5 heteroatoms. The molecule has 1 aromatic carbocycles. The second kappa shape index (κ2) is 6.81. The Morgan fingerprint density at radius 2 is 2.05 bits per heavy atom. The molecule has 1 aliphatic heterocycles. The van der Waals surface area contributed by atoms with Crippen molar-refractivity contribution in [3.05, 3.63) is 29.8 Å². The van der Waals surface area contributed by atoms with Crippen molar-refractivity contribution in [2.24, 2.45) is 5.16 Å². The third-order valence-corrected chi connectivity index (χ3v) is 4.33. The normalized spacial score (nSPS) is 21.9. The molecule has 2 aliphatic rings. The average Bonchev–Trinajstić information content (AvgIpc) is 3.05. The van der Waals surface area contributed by atoms with Crippen LogP contribution >= 0.6 is 0 Å². The fraction of sp³-hybridized carbons (Fsp3) is 0.529. The van der Waals surface area contributed by atoms with E-state index in [-0.39, 0.29) is 5.91 Å². The molecule has 5 nitrogen and oxygen atoms in total. The molecule has 1 aliphatic carbocycles. The number of nitrogens with zero attached hydrogens (tertiary/aromatic N) is 1. The van der Waals surface area contributed by atoms with Gasteiger partial charge in [-0.1, -0.05) is 36.6 Å². The zero-order valence-corrected chi connectivity index (χ0v) is 12.9. The van der Waals surface area contributed by atoms with Gasteiger partial charge in [0.05, 0.1) is 12.8 Å². The average molecular weight is 302 g/mol. The minimum atomic E-state index is -0.526. The highest BCUT2D eigenvalue weighted by atomic mass is 16.6. The fourth-order valence-corrected chi connectivity index (χ4v) is 3.10. The maximum Gasteiger partial charge on any atom is 0.264 e. The zero-order valence-electron chi connectivity index (χ0n) is 12.9. The minimum absolute atomic E-state index is 0.0550. The van der Waals surface area contributed by atoms with Gasteiger partial charge in [0.15, 0.2) is 0 Å². The lowest BCUT2D eigenvalue weighted by Gasteiger charge is -2.23. The lowest BCUT2D eigenvalue weighted by atomic mass is 9.95. The largest absolute Gasteiger partial charge is 0.496 e. The molecule has 0 radical (unpaired) electrons. The van der Waals surface area contributed by atoms with E-state index in [0.29, 0.717) is 12.5 Å². The summed E-state index contributed by atoms with van der Waals surface area (Å²) in [7, 11) is 1.63. The molecule has 1 amide bonds. The Bertz CT molecular complexity index is 565. The Kier molecular flexibility index (Phi) is 4.61. The van der Waals surface area contributed by atoms with Crippen molar-refractivity contribution in [1.82, 2.24) is 5.32 Å². The van der Waals surface area contributed by atoms with Gasteiger partial charge in [-0.15, -0.1) is 0 Å². The minimum Gasteiger partial charge on any atom is -0.496 e. The second-order valence-corrected chi connectivity index (χ2v) is 5.88. The summed E-state index contributed by atoms with van der Waals surface area (Å²) in [4.78, 5) is 17.6. The number of nitrogens with one attached hydrogen (secondary N) is 1. The molecule has 118 valence electrons. The molecule has 0 spiro atoms. The van der Waals surface area contributed by atoms with Crippen LogP contribution in [0.5, 0.6) is 5.75 Å². The van der Waals surface area contributed by atoms with E-state index in [1.165, 1.54) is 19.3 Å². The number of carbonyl (C=O) groups excluding carboxylic acids is 1. The smallest absolute Gasteiger partial charge is 0.264 e. The summed E-state index contributed by atoms with van der Waals surface area (Å²) < 4.78 is 5.34. The van der Waals surface area contributed by atoms with Crippen molar-refractivity contribution in [3.8, 4) is 5.75 Å². The molecular formula is C17H22N2O3. The first-order valence-electron chi connectivity index (χ1n) is 7.94. The van der Waals surface area contributed by atoms with Gasteiger partial charge < -0.3 is 14.9 Å². The molecule has 22 heavy (non-hydrogen) atoms. The summed E-state index contributed by atoms with van der Waals surface area (Å²) in [5.41, 5.74) is 1.65. The number of para-hydroxylation sites is 1. The Labute approximate surface area is 130 Å². The molecule has 1 fully saturated rings. The van der Waals surface area contributed by atoms with E-state index in [1.54, 1.807) is 7.11 Å². The van der Waals surface area contributed by atoms with E-state index in [1.807, 2.05) is 24.3 Å². The molecule has 1 unspecified atom stereocenters. The summed E-state index contributed by atoms with van der Waals surface area (Å²) in [6, 6.07) is 7.94. The predicted molar refractivity (Wildman–Crippen MR) is 84.0 cm³/mol. The number of benzene rings is 1. The Morgan fingerprint density at radius 3 is 2.82 bits per heavy atom. The van der Waals surface area contributed by atoms with Crippen molar-refractivity contribution in [2.75, 3.05) is 7.11 Å². The van der Waals surface area contributed by atoms with Gasteiger partial charge in [-0.2, -0.15) is 0 Å². The molecule has 1 heterocycles. The van der Waals surface area contributed by atoms with Gasteiger partial charge in [0.2, 0.25) is 6.10 Å². The van der Waals surface area contributed by atoms with E-state index in [0.717, 1.165) is 29.9 Å². The van der Waals surface area contributed by atoms with Crippen molar-refractivity contribution in [1.29, 1.82) is 0 Å². The number of methoxy groups -OCH3 is 1. The van der Waals surface area contributed by atoms with Crippen LogP contribution in [0.15, 0.2) is 29.4 Å². The number of oxime groups is 1. The van der Waals surface area contributed by atoms with Gasteiger partial charge >= 0.3 is 0 Å². The quantitative estimate of drug-likeness (QED) is 0.930. The maximum atomic E-state index is 12.3. The lowest BCUT2D eigenvalue weighted by molar-refractivity contribution is -0.132. The topological polar surface area (TPSA) is 59.9 Å². The second-order valence-electron chi connectivity index (χ2n) is 5.88. The summed E-state index contributed by atoms with van der Waals surface area (Å²) in [6.07, 6.45) is 5.75. The number of rotatable bonds is 4. The van der Waals surface area contributed by atoms with Gasteiger partial charge in [0.1, 0.15) is 5.75 Å². The van der Waals surface area contributed by atoms with Crippen LogP contribution in [0.25, 0.3) is 0 Å². The first-order chi connectivity index (χ1) is 10.8. The number of hydrogen-bond acceptors (Lipinski definition) is 4. The van der Waals surface area contributed by atoms with Crippen LogP contribution < -0.4 is 10.1 Å². The number of ether oxygens (including phenoxy) is 1. The molecule has 1 saturated carbocycles. The molecule has 0 aromatic heterocycles. The Balaban J connectivity index is 1.60. The fourth-order valence-electron chi connectivity index (χ4n) is 3.10. The van der Waals surface area contributed by atoms with Crippen molar-refractivity contribution >= 4 is 11.6 Å². The van der Waals surface area contributed by atoms with Crippen molar-refractivity contribution in [2.45, 2.75) is 50.7 Å². The van der Waals surface area contributed by atoms with Crippen molar-refractivity contribution in [3.63, 3.8) is 0 Å². The third-order valence-electron chi connectivity index (χ3n) is 4.33. The molecule has 1 aromatic rings. The first-order valence-corrected chi connectivity index (χ1v) is 7.94. The van der Waals surface area contributed by atoms with E-state index in [4.69, 9.17) is 9.57 Å². The van der Waals surface area contributed by atoms with Gasteiger partial charge in [-0.05, 0) is 25.0 Å². The first kappa shape index (κ1) is 14.9. The molecule has 0 bridgehead atoms. The highest BCUT2D eigenvalue weighted by Crippen LogP contribution is 2.25. The van der Waals surface area contributed by atoms with Crippen LogP contribution in [0.4, 0.5) is 0 Å². The Morgan fingerprint density at radius 1 is 1.27 bits per heavy atom. The number of carbonyl (C=O) groups is 1. The number of hydrogen-bond donors (Lipinski definition) is 1. The van der Waals surface area contributed by atoms with Crippen LogP contribution in [-0.4, -0.2) is 30.9 Å². The van der Waals surface area contributed by atoms with Gasteiger partial charge in [0, 0.05) is 18.0 Å². The van der Waals surface area contributed by atoms with E-state index < -0.39 is 6.10 Å². The molecule has 1 N–H and O–H groups in total. The standard InChI is InChI=1S/C17H22N2O3/c1-21-15-10-6-5-9-13(15)14-11-16(22-19-14)17(20)18-12-7-3-2-4-8-12/h5-6,9-10,12,16H,2-4,7-8,11H2,1H3,(H,18,20). The lowest BCUT2D eigenvalue weighted by Crippen LogP contribution is -2.42. The van der Waals surface area contributed by atoms with Crippen molar-refractivity contribution < 1.29 is 14.4 Å². The highest BCUT2D eigenvalue weighted by Gasteiger charge is 2.31. The van der Waals surface area contributed by atoms with E-state index >= 15 is 0 Å². The van der Waals surface area contributed by atoms with Crippen LogP contribution in [0.1, 0.15) is 44.1 Å². The van der Waals surface area contributed by atoms with E-state index in [9.17, 15) is 4.79 Å². The van der Waals surface area contributed by atoms with Gasteiger partial charge in [-0.25, -0.2) is 0 Å². The third kappa shape index (κ3) is 3.24. The Hall–Kier alpha value is -2.04. The van der Waals surface area contributed by atoms with E-state index in [2.05, 4.69) is 10.5 Å². The number of amides is 1. The SMILES string of the molecule is COc1ccccc1C1=NOC(C(=O)NC2CCCCC2)C1. The molecule has 3 rings (SSSR count). The summed E-state index contributed by atoms with van der Waals surface area (Å²) in [5.74, 6) is 0.693. The molecule has 1 atom stereocenters. The molecular weight excluding hydrogens is 280 g/mol. The predicted octanol–water partition coefficient (Wildman–Crippen LogP) is 2.64. The zero-order chi connectivity index (χ0) is 15.4. The summed E-state index contributed by atoms with van der Waals surface area (Å²) in [6.45, 7) is 0. The van der Waals surface area contributed by atoms with Crippen LogP contribution in [0.2, 0.25) is 0 Å².